The van der Waals surface area contributed by atoms with Crippen LogP contribution >= 0.6 is 12.4 Å². The lowest BCUT2D eigenvalue weighted by Crippen LogP contribution is -2.18. The Morgan fingerprint density at radius 2 is 1.44 bits per heavy atom. The second-order valence-electron chi connectivity index (χ2n) is 4.47. The van der Waals surface area contributed by atoms with Gasteiger partial charge in [0.15, 0.2) is 0 Å². The quantitative estimate of drug-likeness (QED) is 0.312. The number of nitrogens with one attached hydrogen (secondary N) is 1. The highest BCUT2D eigenvalue weighted by atomic mass is 35.5. The molecule has 25 heavy (non-hydrogen) atoms. The first-order chi connectivity index (χ1) is 11.1. The van der Waals surface area contributed by atoms with E-state index >= 15 is 0 Å². The molecular weight excluding hydrogens is 358 g/mol. The predicted octanol–water partition coefficient (Wildman–Crippen LogP) is -0.991. The van der Waals surface area contributed by atoms with Gasteiger partial charge in [-0.3, -0.25) is 28.8 Å². The van der Waals surface area contributed by atoms with Crippen LogP contribution in [0.1, 0.15) is 40.0 Å². The zero-order chi connectivity index (χ0) is 19.5. The maximum absolute atomic E-state index is 10.2. The van der Waals surface area contributed by atoms with Gasteiger partial charge in [0.05, 0.1) is 19.5 Å². The van der Waals surface area contributed by atoms with Crippen molar-refractivity contribution in [1.82, 2.24) is 5.32 Å². The summed E-state index contributed by atoms with van der Waals surface area (Å²) in [7, 11) is 0. The molecule has 1 saturated carbocycles. The fraction of sp³-hybridized carbons (Fsp3) is 0.571. The molecule has 0 unspecified atom stereocenters. The third-order valence-corrected chi connectivity index (χ3v) is 1.96. The zero-order valence-corrected chi connectivity index (χ0v) is 15.4. The molecule has 0 aromatic heterocycles. The average Bonchev–Trinajstić information content (AvgIpc) is 2.90. The van der Waals surface area contributed by atoms with Crippen molar-refractivity contribution in [2.24, 2.45) is 11.6 Å². The maximum Gasteiger partial charge on any atom is 0.321 e. The SMILES string of the molecule is CC(=O)CN.CC(=O)CNC=O.CC(=O)ON.Cl.O=C1CCC(=O)C1. The number of nitrogens with two attached hydrogens (primary N) is 2. The van der Waals surface area contributed by atoms with Crippen LogP contribution in [0.15, 0.2) is 0 Å². The van der Waals surface area contributed by atoms with Gasteiger partial charge in [0.1, 0.15) is 23.1 Å². The Hall–Kier alpha value is -2.17. The van der Waals surface area contributed by atoms with Gasteiger partial charge in [0.25, 0.3) is 0 Å². The number of rotatable bonds is 4. The summed E-state index contributed by atoms with van der Waals surface area (Å²) >= 11 is 0. The first kappa shape index (κ1) is 30.7. The Kier molecular flexibility index (Phi) is 26.8. The minimum atomic E-state index is -0.468. The minimum absolute atomic E-state index is 0. The van der Waals surface area contributed by atoms with Crippen LogP contribution in [-0.2, 0) is 33.6 Å². The summed E-state index contributed by atoms with van der Waals surface area (Å²) in [6, 6.07) is 0. The first-order valence-corrected chi connectivity index (χ1v) is 6.87. The van der Waals surface area contributed by atoms with E-state index in [-0.39, 0.29) is 55.1 Å². The molecule has 0 spiro atoms. The van der Waals surface area contributed by atoms with E-state index < -0.39 is 5.97 Å². The molecule has 0 aliphatic heterocycles. The van der Waals surface area contributed by atoms with Crippen LogP contribution in [-0.4, -0.2) is 48.6 Å². The van der Waals surface area contributed by atoms with Gasteiger partial charge in [-0.1, -0.05) is 0 Å². The highest BCUT2D eigenvalue weighted by Crippen LogP contribution is 2.07. The molecule has 0 saturated heterocycles. The molecule has 0 bridgehead atoms. The molecule has 1 fully saturated rings. The molecular formula is C14H26ClN3O7. The number of hydrogen-bond acceptors (Lipinski definition) is 9. The molecule has 0 radical (unpaired) electrons. The number of carbonyl (C=O) groups is 6. The highest BCUT2D eigenvalue weighted by molar-refractivity contribution is 6.05. The number of Topliss-reactive ketones (excluding diaryl/α,β-unsaturated/α-hetero) is 4. The number of halogens is 1. The normalized spacial score (nSPS) is 10.9. The zero-order valence-electron chi connectivity index (χ0n) is 14.5. The summed E-state index contributed by atoms with van der Waals surface area (Å²) < 4.78 is 0. The molecule has 1 amide bonds. The fourth-order valence-corrected chi connectivity index (χ4v) is 0.861. The second kappa shape index (κ2) is 21.8. The summed E-state index contributed by atoms with van der Waals surface area (Å²) in [5, 5.41) is 2.22. The van der Waals surface area contributed by atoms with Gasteiger partial charge in [-0.25, -0.2) is 0 Å². The van der Waals surface area contributed by atoms with E-state index in [1.807, 2.05) is 0 Å². The van der Waals surface area contributed by atoms with E-state index in [1.54, 1.807) is 0 Å². The van der Waals surface area contributed by atoms with Crippen molar-refractivity contribution >= 4 is 47.9 Å². The van der Waals surface area contributed by atoms with Gasteiger partial charge >= 0.3 is 5.97 Å². The van der Waals surface area contributed by atoms with Gasteiger partial charge in [0, 0.05) is 19.8 Å². The lowest BCUT2D eigenvalue weighted by atomic mass is 10.3. The Morgan fingerprint density at radius 1 is 1.08 bits per heavy atom. The van der Waals surface area contributed by atoms with Crippen LogP contribution < -0.4 is 16.9 Å². The molecule has 0 heterocycles. The summed E-state index contributed by atoms with van der Waals surface area (Å²) in [6.45, 7) is 4.42. The lowest BCUT2D eigenvalue weighted by Gasteiger charge is -1.86. The molecule has 1 aliphatic rings. The van der Waals surface area contributed by atoms with Crippen molar-refractivity contribution in [1.29, 1.82) is 0 Å². The molecule has 0 aromatic rings. The highest BCUT2D eigenvalue weighted by Gasteiger charge is 2.17. The van der Waals surface area contributed by atoms with E-state index in [0.29, 0.717) is 19.3 Å². The standard InChI is InChI=1S/C5H6O2.C4H7NO2.C3H7NO.C2H5NO2.ClH/c6-4-1-2-5(7)3-4;1-4(7)2-5-3-6;1-3(5)2-4;1-2(4)5-3;/h1-3H2;3H,2H2,1H3,(H,5,6);2,4H2,1H3;3H2,1H3;1H. The Bertz CT molecular complexity index is 414. The minimum Gasteiger partial charge on any atom is -0.374 e. The van der Waals surface area contributed by atoms with Crippen LogP contribution in [0.25, 0.3) is 0 Å². The molecule has 0 atom stereocenters. The number of carbonyl (C=O) groups excluding carboxylic acids is 6. The molecule has 10 nitrogen and oxygen atoms in total. The predicted molar refractivity (Wildman–Crippen MR) is 91.5 cm³/mol. The Labute approximate surface area is 152 Å². The molecule has 0 aromatic carbocycles. The van der Waals surface area contributed by atoms with E-state index in [4.69, 9.17) is 5.73 Å². The van der Waals surface area contributed by atoms with Crippen LogP contribution in [0.4, 0.5) is 0 Å². The first-order valence-electron chi connectivity index (χ1n) is 6.87. The van der Waals surface area contributed by atoms with Gasteiger partial charge < -0.3 is 15.9 Å². The molecule has 5 N–H and O–H groups in total. The summed E-state index contributed by atoms with van der Waals surface area (Å²) in [5.74, 6) is 4.06. The topological polar surface area (TPSA) is 176 Å². The summed E-state index contributed by atoms with van der Waals surface area (Å²) in [6.07, 6.45) is 1.67. The maximum atomic E-state index is 10.2. The molecule has 1 aliphatic carbocycles. The van der Waals surface area contributed by atoms with Crippen molar-refractivity contribution in [3.8, 4) is 0 Å². The number of hydrogen-bond donors (Lipinski definition) is 3. The van der Waals surface area contributed by atoms with E-state index in [2.05, 4.69) is 16.1 Å². The van der Waals surface area contributed by atoms with Crippen molar-refractivity contribution in [2.45, 2.75) is 40.0 Å². The third kappa shape index (κ3) is 39.0. The smallest absolute Gasteiger partial charge is 0.321 e. The van der Waals surface area contributed by atoms with Crippen LogP contribution in [0.2, 0.25) is 0 Å². The Morgan fingerprint density at radius 3 is 1.52 bits per heavy atom. The fourth-order valence-electron chi connectivity index (χ4n) is 0.861. The van der Waals surface area contributed by atoms with Crippen LogP contribution in [0.5, 0.6) is 0 Å². The van der Waals surface area contributed by atoms with Crippen molar-refractivity contribution < 1.29 is 33.6 Å². The average molecular weight is 384 g/mol. The number of ketones is 4. The van der Waals surface area contributed by atoms with Gasteiger partial charge in [0.2, 0.25) is 6.41 Å². The molecule has 11 heteroatoms. The van der Waals surface area contributed by atoms with Crippen molar-refractivity contribution in [2.75, 3.05) is 13.1 Å². The molecule has 1 rings (SSSR count). The van der Waals surface area contributed by atoms with E-state index in [0.717, 1.165) is 0 Å². The van der Waals surface area contributed by atoms with Gasteiger partial charge in [-0.15, -0.1) is 12.4 Å². The van der Waals surface area contributed by atoms with E-state index in [9.17, 15) is 28.8 Å². The monoisotopic (exact) mass is 383 g/mol. The third-order valence-electron chi connectivity index (χ3n) is 1.96. The number of amides is 1. The summed E-state index contributed by atoms with van der Waals surface area (Å²) in [4.78, 5) is 62.7. The summed E-state index contributed by atoms with van der Waals surface area (Å²) in [5.41, 5.74) is 4.82. The van der Waals surface area contributed by atoms with E-state index in [1.165, 1.54) is 20.8 Å². The molecule has 146 valence electrons. The second-order valence-corrected chi connectivity index (χ2v) is 4.47. The largest absolute Gasteiger partial charge is 0.374 e. The van der Waals surface area contributed by atoms with Crippen LogP contribution in [0.3, 0.4) is 0 Å². The van der Waals surface area contributed by atoms with Crippen molar-refractivity contribution in [3.63, 3.8) is 0 Å². The van der Waals surface area contributed by atoms with Gasteiger partial charge in [-0.05, 0) is 13.8 Å². The van der Waals surface area contributed by atoms with Crippen molar-refractivity contribution in [3.05, 3.63) is 0 Å². The van der Waals surface area contributed by atoms with Crippen LogP contribution in [0, 0.1) is 0 Å². The lowest BCUT2D eigenvalue weighted by molar-refractivity contribution is -0.141. The Balaban J connectivity index is -0.000000118. The van der Waals surface area contributed by atoms with Gasteiger partial charge in [-0.2, -0.15) is 5.90 Å².